The summed E-state index contributed by atoms with van der Waals surface area (Å²) in [5.74, 6) is 0.422. The van der Waals surface area contributed by atoms with Gasteiger partial charge in [-0.1, -0.05) is 51.5 Å². The van der Waals surface area contributed by atoms with Gasteiger partial charge in [0.2, 0.25) is 0 Å². The number of nitrogens with zero attached hydrogens (tertiary/aromatic N) is 7. The van der Waals surface area contributed by atoms with Crippen LogP contribution in [0.4, 0.5) is 5.82 Å². The first kappa shape index (κ1) is 22.9. The Balaban J connectivity index is 1.43. The summed E-state index contributed by atoms with van der Waals surface area (Å²) in [6, 6.07) is 15.4. The first-order valence-corrected chi connectivity index (χ1v) is 12.0. The molecule has 3 aromatic heterocycles. The lowest BCUT2D eigenvalue weighted by atomic mass is 10.1. The Hall–Kier alpha value is -3.49. The zero-order chi connectivity index (χ0) is 24.8. The maximum atomic E-state index is 10.5. The van der Waals surface area contributed by atoms with Crippen molar-refractivity contribution in [3.63, 3.8) is 0 Å². The summed E-state index contributed by atoms with van der Waals surface area (Å²) >= 11 is 3.64. The summed E-state index contributed by atoms with van der Waals surface area (Å²) in [5.41, 5.74) is 3.28. The highest BCUT2D eigenvalue weighted by Crippen LogP contribution is 2.34. The Labute approximate surface area is 212 Å². The van der Waals surface area contributed by atoms with E-state index in [2.05, 4.69) is 46.5 Å². The number of halogens is 1. The van der Waals surface area contributed by atoms with Crippen LogP contribution >= 0.6 is 15.9 Å². The number of aromatic nitrogens is 7. The lowest BCUT2D eigenvalue weighted by molar-refractivity contribution is -0.0511. The molecule has 0 aliphatic carbocycles. The topological polar surface area (TPSA) is 156 Å². The number of para-hydroxylation sites is 1. The van der Waals surface area contributed by atoms with Crippen LogP contribution in [0.3, 0.4) is 0 Å². The molecule has 6 rings (SSSR count). The highest BCUT2D eigenvalue weighted by molar-refractivity contribution is 9.10. The van der Waals surface area contributed by atoms with Crippen LogP contribution in [0, 0.1) is 0 Å². The number of anilines is 1. The molecule has 0 bridgehead atoms. The first-order chi connectivity index (χ1) is 17.6. The van der Waals surface area contributed by atoms with Crippen molar-refractivity contribution in [3.05, 3.63) is 71.2 Å². The van der Waals surface area contributed by atoms with Crippen LogP contribution in [-0.4, -0.2) is 74.8 Å². The van der Waals surface area contributed by atoms with Gasteiger partial charge in [0.15, 0.2) is 29.4 Å². The van der Waals surface area contributed by atoms with Gasteiger partial charge in [-0.05, 0) is 18.2 Å². The highest BCUT2D eigenvalue weighted by atomic mass is 79.9. The molecule has 2 aromatic carbocycles. The molecule has 1 unspecified atom stereocenters. The van der Waals surface area contributed by atoms with Gasteiger partial charge in [-0.2, -0.15) is 0 Å². The first-order valence-electron chi connectivity index (χ1n) is 11.2. The fourth-order valence-electron chi connectivity index (χ4n) is 4.43. The molecule has 0 spiro atoms. The van der Waals surface area contributed by atoms with E-state index in [1.165, 1.54) is 17.2 Å². The molecule has 0 saturated carbocycles. The van der Waals surface area contributed by atoms with E-state index in [1.54, 1.807) is 4.68 Å². The third-order valence-electron chi connectivity index (χ3n) is 6.25. The van der Waals surface area contributed by atoms with Gasteiger partial charge in [0.25, 0.3) is 0 Å². The molecule has 5 aromatic rings. The number of hydrogen-bond acceptors (Lipinski definition) is 10. The van der Waals surface area contributed by atoms with Gasteiger partial charge in [0, 0.05) is 10.0 Å². The summed E-state index contributed by atoms with van der Waals surface area (Å²) in [6.07, 6.45) is -2.06. The molecule has 184 valence electrons. The molecule has 1 aliphatic heterocycles. The Morgan fingerprint density at radius 3 is 2.64 bits per heavy atom. The Morgan fingerprint density at radius 2 is 1.83 bits per heavy atom. The molecule has 0 amide bonds. The second kappa shape index (κ2) is 9.19. The van der Waals surface area contributed by atoms with E-state index in [9.17, 15) is 15.3 Å². The van der Waals surface area contributed by atoms with Gasteiger partial charge >= 0.3 is 0 Å². The summed E-state index contributed by atoms with van der Waals surface area (Å²) in [6.45, 7) is -0.428. The standard InChI is InChI=1S/C23H21BrN8O4/c24-13-6-2-1-5-12(13)21(32-15-8-4-3-7-14(15)29-30-32)28-20-17-22(26-10-25-20)31(11-27-17)23-19(35)18(34)16(9-33)36-23/h1-8,10-11,16,18-19,21,23,33-35H,9H2,(H,25,26,28)/t16-,18-,19-,21?,23-/m1/s1. The van der Waals surface area contributed by atoms with Crippen molar-refractivity contribution in [2.75, 3.05) is 11.9 Å². The molecule has 4 N–H and O–H groups in total. The van der Waals surface area contributed by atoms with Crippen molar-refractivity contribution in [2.24, 2.45) is 0 Å². The zero-order valence-electron chi connectivity index (χ0n) is 18.6. The normalized spacial score (nSPS) is 22.9. The van der Waals surface area contributed by atoms with Crippen molar-refractivity contribution in [1.82, 2.24) is 34.5 Å². The number of aliphatic hydroxyl groups excluding tert-OH is 3. The van der Waals surface area contributed by atoms with Crippen molar-refractivity contribution in [2.45, 2.75) is 30.7 Å². The highest BCUT2D eigenvalue weighted by Gasteiger charge is 2.44. The number of nitrogens with one attached hydrogen (secondary N) is 1. The van der Waals surface area contributed by atoms with Gasteiger partial charge in [0.05, 0.1) is 18.5 Å². The Bertz CT molecular complexity index is 1540. The lowest BCUT2D eigenvalue weighted by Gasteiger charge is -2.22. The fraction of sp³-hybridized carbons (Fsp3) is 0.261. The van der Waals surface area contributed by atoms with Crippen LogP contribution in [0.25, 0.3) is 22.2 Å². The number of hydrogen-bond donors (Lipinski definition) is 4. The molecule has 12 nitrogen and oxygen atoms in total. The zero-order valence-corrected chi connectivity index (χ0v) is 20.2. The predicted molar refractivity (Wildman–Crippen MR) is 132 cm³/mol. The second-order valence-electron chi connectivity index (χ2n) is 8.37. The van der Waals surface area contributed by atoms with Crippen molar-refractivity contribution in [3.8, 4) is 0 Å². The maximum absolute atomic E-state index is 10.5. The minimum absolute atomic E-state index is 0.386. The van der Waals surface area contributed by atoms with E-state index >= 15 is 0 Å². The number of fused-ring (bicyclic) bond motifs is 2. The van der Waals surface area contributed by atoms with Gasteiger partial charge in [-0.25, -0.2) is 19.6 Å². The van der Waals surface area contributed by atoms with E-state index in [-0.39, 0.29) is 0 Å². The molecule has 13 heteroatoms. The minimum atomic E-state index is -1.26. The molecule has 1 aliphatic rings. The van der Waals surface area contributed by atoms with Crippen LogP contribution in [0.15, 0.2) is 65.7 Å². The monoisotopic (exact) mass is 552 g/mol. The third-order valence-corrected chi connectivity index (χ3v) is 6.97. The smallest absolute Gasteiger partial charge is 0.167 e. The maximum Gasteiger partial charge on any atom is 0.167 e. The van der Waals surface area contributed by atoms with Crippen LogP contribution in [-0.2, 0) is 4.74 Å². The van der Waals surface area contributed by atoms with Gasteiger partial charge in [-0.3, -0.25) is 4.57 Å². The Kier molecular flexibility index (Phi) is 5.85. The van der Waals surface area contributed by atoms with Crippen LogP contribution < -0.4 is 5.32 Å². The van der Waals surface area contributed by atoms with E-state index in [1.807, 2.05) is 48.5 Å². The second-order valence-corrected chi connectivity index (χ2v) is 9.22. The average molecular weight is 553 g/mol. The molecule has 1 fully saturated rings. The predicted octanol–water partition coefficient (Wildman–Crippen LogP) is 1.60. The van der Waals surface area contributed by atoms with Gasteiger partial charge in [0.1, 0.15) is 30.2 Å². The quantitative estimate of drug-likeness (QED) is 0.244. The third kappa shape index (κ3) is 3.72. The molecule has 1 saturated heterocycles. The molecule has 5 atom stereocenters. The summed E-state index contributed by atoms with van der Waals surface area (Å²) in [7, 11) is 0. The number of ether oxygens (including phenoxy) is 1. The lowest BCUT2D eigenvalue weighted by Crippen LogP contribution is -2.33. The molecule has 4 heterocycles. The number of rotatable bonds is 6. The fourth-order valence-corrected chi connectivity index (χ4v) is 4.93. The van der Waals surface area contributed by atoms with E-state index < -0.39 is 37.3 Å². The molecular formula is C23H21BrN8O4. The van der Waals surface area contributed by atoms with Crippen molar-refractivity contribution >= 4 is 43.9 Å². The number of imidazole rings is 1. The minimum Gasteiger partial charge on any atom is -0.394 e. The van der Waals surface area contributed by atoms with E-state index in [0.29, 0.717) is 17.0 Å². The summed E-state index contributed by atoms with van der Waals surface area (Å²) in [4.78, 5) is 13.2. The molecule has 36 heavy (non-hydrogen) atoms. The van der Waals surface area contributed by atoms with Gasteiger partial charge < -0.3 is 25.4 Å². The van der Waals surface area contributed by atoms with E-state index in [4.69, 9.17) is 4.74 Å². The van der Waals surface area contributed by atoms with E-state index in [0.717, 1.165) is 21.1 Å². The van der Waals surface area contributed by atoms with Gasteiger partial charge in [-0.15, -0.1) is 5.10 Å². The van der Waals surface area contributed by atoms with Crippen LogP contribution in [0.2, 0.25) is 0 Å². The largest absolute Gasteiger partial charge is 0.394 e. The molecule has 0 radical (unpaired) electrons. The average Bonchev–Trinajstić information content (AvgIpc) is 3.59. The number of aliphatic hydroxyl groups is 3. The van der Waals surface area contributed by atoms with Crippen LogP contribution in [0.1, 0.15) is 18.0 Å². The van der Waals surface area contributed by atoms with Crippen LogP contribution in [0.5, 0.6) is 0 Å². The van der Waals surface area contributed by atoms with Crippen molar-refractivity contribution < 1.29 is 20.1 Å². The van der Waals surface area contributed by atoms with Crippen molar-refractivity contribution in [1.29, 1.82) is 0 Å². The Morgan fingerprint density at radius 1 is 1.03 bits per heavy atom. The summed E-state index contributed by atoms with van der Waals surface area (Å²) < 4.78 is 9.82. The molecular weight excluding hydrogens is 532 g/mol. The number of benzene rings is 2. The SMILES string of the molecule is OC[C@H]1O[C@@H](n2cnc3c(NC(c4ccccc4Br)n4nnc5ccccc54)ncnc32)[C@H](O)[C@@H]1O. The summed E-state index contributed by atoms with van der Waals surface area (Å²) in [5, 5.41) is 42.3.